The Morgan fingerprint density at radius 1 is 1.04 bits per heavy atom. The van der Waals surface area contributed by atoms with Gasteiger partial charge in [0.25, 0.3) is 5.91 Å². The molecule has 1 amide bonds. The zero-order valence-electron chi connectivity index (χ0n) is 14.6. The van der Waals surface area contributed by atoms with Gasteiger partial charge in [-0.2, -0.15) is 0 Å². The van der Waals surface area contributed by atoms with Crippen LogP contribution in [0.4, 0.5) is 4.39 Å². The number of carbonyl (C=O) groups is 1. The molecule has 0 heterocycles. The van der Waals surface area contributed by atoms with Crippen molar-refractivity contribution < 1.29 is 18.7 Å². The summed E-state index contributed by atoms with van der Waals surface area (Å²) in [4.78, 5) is 12.2. The number of carbonyl (C=O) groups excluding carboxylic acids is 1. The Kier molecular flexibility index (Phi) is 7.54. The van der Waals surface area contributed by atoms with Crippen molar-refractivity contribution in [1.29, 1.82) is 0 Å². The molecule has 0 aliphatic carbocycles. The Morgan fingerprint density at radius 3 is 2.42 bits per heavy atom. The normalized spacial score (nSPS) is 10.5. The van der Waals surface area contributed by atoms with Crippen molar-refractivity contribution >= 4 is 29.1 Å². The molecule has 26 heavy (non-hydrogen) atoms. The number of halogens is 3. The monoisotopic (exact) mass is 399 g/mol. The van der Waals surface area contributed by atoms with Crippen LogP contribution in [0.3, 0.4) is 0 Å². The van der Waals surface area contributed by atoms with E-state index in [4.69, 9.17) is 32.7 Å². The third kappa shape index (κ3) is 5.26. The van der Waals surface area contributed by atoms with Gasteiger partial charge in [-0.25, -0.2) is 4.39 Å². The van der Waals surface area contributed by atoms with Gasteiger partial charge in [-0.1, -0.05) is 29.3 Å². The third-order valence-corrected chi connectivity index (χ3v) is 4.16. The number of benzene rings is 2. The average Bonchev–Trinajstić information content (AvgIpc) is 2.60. The quantitative estimate of drug-likeness (QED) is 0.641. The van der Waals surface area contributed by atoms with Crippen LogP contribution in [0.5, 0.6) is 11.5 Å². The van der Waals surface area contributed by atoms with Crippen LogP contribution in [0.1, 0.15) is 29.8 Å². The standard InChI is InChI=1S/C19H20Cl2FNO3/c1-3-25-17-6-5-12(9-18(17)26-4-2)7-8-23-19(24)13-10-16(22)15(21)11-14(13)20/h5-6,9-11H,3-4,7-8H2,1-2H3,(H,23,24). The zero-order chi connectivity index (χ0) is 19.1. The van der Waals surface area contributed by atoms with Crippen molar-refractivity contribution in [3.63, 3.8) is 0 Å². The van der Waals surface area contributed by atoms with Gasteiger partial charge in [-0.3, -0.25) is 4.79 Å². The second-order valence-corrected chi connectivity index (χ2v) is 6.21. The number of rotatable bonds is 8. The summed E-state index contributed by atoms with van der Waals surface area (Å²) in [5, 5.41) is 2.71. The van der Waals surface area contributed by atoms with E-state index in [9.17, 15) is 9.18 Å². The van der Waals surface area contributed by atoms with Crippen molar-refractivity contribution in [2.24, 2.45) is 0 Å². The summed E-state index contributed by atoms with van der Waals surface area (Å²) in [6.07, 6.45) is 0.575. The molecule has 0 saturated heterocycles. The summed E-state index contributed by atoms with van der Waals surface area (Å²) in [6, 6.07) is 7.89. The maximum atomic E-state index is 13.5. The summed E-state index contributed by atoms with van der Waals surface area (Å²) in [6.45, 7) is 5.25. The van der Waals surface area contributed by atoms with Crippen LogP contribution in [0, 0.1) is 5.82 Å². The molecule has 1 N–H and O–H groups in total. The highest BCUT2D eigenvalue weighted by Crippen LogP contribution is 2.28. The lowest BCUT2D eigenvalue weighted by atomic mass is 10.1. The van der Waals surface area contributed by atoms with E-state index >= 15 is 0 Å². The molecule has 140 valence electrons. The van der Waals surface area contributed by atoms with Gasteiger partial charge in [-0.15, -0.1) is 0 Å². The molecule has 2 rings (SSSR count). The molecule has 0 bridgehead atoms. The van der Waals surface area contributed by atoms with Gasteiger partial charge in [0.15, 0.2) is 11.5 Å². The lowest BCUT2D eigenvalue weighted by Crippen LogP contribution is -2.26. The fraction of sp³-hybridized carbons (Fsp3) is 0.316. The van der Waals surface area contributed by atoms with E-state index in [1.807, 2.05) is 32.0 Å². The summed E-state index contributed by atoms with van der Waals surface area (Å²) < 4.78 is 24.6. The highest BCUT2D eigenvalue weighted by Gasteiger charge is 2.14. The van der Waals surface area contributed by atoms with Crippen LogP contribution >= 0.6 is 23.2 Å². The summed E-state index contributed by atoms with van der Waals surface area (Å²) >= 11 is 11.6. The van der Waals surface area contributed by atoms with E-state index in [1.54, 1.807) is 0 Å². The predicted octanol–water partition coefficient (Wildman–Crippen LogP) is 4.90. The van der Waals surface area contributed by atoms with Gasteiger partial charge in [0.05, 0.1) is 28.8 Å². The first-order chi connectivity index (χ1) is 12.5. The number of amides is 1. The molecule has 2 aromatic rings. The number of hydrogen-bond acceptors (Lipinski definition) is 3. The Balaban J connectivity index is 2.00. The molecule has 0 saturated carbocycles. The van der Waals surface area contributed by atoms with Crippen molar-refractivity contribution in [3.8, 4) is 11.5 Å². The molecule has 0 aliphatic heterocycles. The molecule has 0 atom stereocenters. The van der Waals surface area contributed by atoms with Crippen LogP contribution in [0.15, 0.2) is 30.3 Å². The van der Waals surface area contributed by atoms with Gasteiger partial charge in [0.2, 0.25) is 0 Å². The van der Waals surface area contributed by atoms with Crippen molar-refractivity contribution in [1.82, 2.24) is 5.32 Å². The molecule has 0 aromatic heterocycles. The van der Waals surface area contributed by atoms with Crippen LogP contribution < -0.4 is 14.8 Å². The fourth-order valence-corrected chi connectivity index (χ4v) is 2.83. The Morgan fingerprint density at radius 2 is 1.73 bits per heavy atom. The molecule has 2 aromatic carbocycles. The Bertz CT molecular complexity index is 784. The zero-order valence-corrected chi connectivity index (χ0v) is 16.1. The molecule has 0 spiro atoms. The molecule has 4 nitrogen and oxygen atoms in total. The Labute approximate surface area is 162 Å². The van der Waals surface area contributed by atoms with Crippen LogP contribution in [0.2, 0.25) is 10.0 Å². The molecular formula is C19H20Cl2FNO3. The minimum absolute atomic E-state index is 0.0512. The first kappa shape index (κ1) is 20.3. The highest BCUT2D eigenvalue weighted by molar-refractivity contribution is 6.36. The Hall–Kier alpha value is -1.98. The van der Waals surface area contributed by atoms with Gasteiger partial charge in [-0.05, 0) is 50.1 Å². The molecular weight excluding hydrogens is 380 g/mol. The largest absolute Gasteiger partial charge is 0.490 e. The van der Waals surface area contributed by atoms with Gasteiger partial charge >= 0.3 is 0 Å². The minimum atomic E-state index is -0.686. The first-order valence-corrected chi connectivity index (χ1v) is 9.03. The smallest absolute Gasteiger partial charge is 0.252 e. The first-order valence-electron chi connectivity index (χ1n) is 8.27. The second-order valence-electron chi connectivity index (χ2n) is 5.40. The minimum Gasteiger partial charge on any atom is -0.490 e. The molecule has 7 heteroatoms. The van der Waals surface area contributed by atoms with E-state index in [-0.39, 0.29) is 15.6 Å². The second kappa shape index (κ2) is 9.64. The topological polar surface area (TPSA) is 47.6 Å². The molecule has 0 radical (unpaired) electrons. The highest BCUT2D eigenvalue weighted by atomic mass is 35.5. The third-order valence-electron chi connectivity index (χ3n) is 3.56. The summed E-state index contributed by atoms with van der Waals surface area (Å²) in [5.41, 5.74) is 1.03. The van der Waals surface area contributed by atoms with Crippen molar-refractivity contribution in [2.75, 3.05) is 19.8 Å². The fourth-order valence-electron chi connectivity index (χ4n) is 2.36. The van der Waals surface area contributed by atoms with E-state index in [0.717, 1.165) is 11.6 Å². The maximum absolute atomic E-state index is 13.5. The van der Waals surface area contributed by atoms with Gasteiger partial charge < -0.3 is 14.8 Å². The van der Waals surface area contributed by atoms with Crippen LogP contribution in [-0.4, -0.2) is 25.7 Å². The summed E-state index contributed by atoms with van der Waals surface area (Å²) in [7, 11) is 0. The predicted molar refractivity (Wildman–Crippen MR) is 101 cm³/mol. The molecule has 0 fully saturated rings. The van der Waals surface area contributed by atoms with Crippen molar-refractivity contribution in [3.05, 3.63) is 57.3 Å². The lowest BCUT2D eigenvalue weighted by Gasteiger charge is -2.13. The van der Waals surface area contributed by atoms with Crippen molar-refractivity contribution in [2.45, 2.75) is 20.3 Å². The average molecular weight is 400 g/mol. The van der Waals surface area contributed by atoms with Gasteiger partial charge in [0, 0.05) is 6.54 Å². The number of hydrogen-bond donors (Lipinski definition) is 1. The summed E-state index contributed by atoms with van der Waals surface area (Å²) in [5.74, 6) is 0.210. The van der Waals surface area contributed by atoms with E-state index in [0.29, 0.717) is 37.7 Å². The SMILES string of the molecule is CCOc1ccc(CCNC(=O)c2cc(F)c(Cl)cc2Cl)cc1OCC. The number of nitrogens with one attached hydrogen (secondary N) is 1. The van der Waals surface area contributed by atoms with Crippen LogP contribution in [0.25, 0.3) is 0 Å². The lowest BCUT2D eigenvalue weighted by molar-refractivity contribution is 0.0954. The van der Waals surface area contributed by atoms with E-state index in [2.05, 4.69) is 5.32 Å². The molecule has 0 aliphatic rings. The number of ether oxygens (including phenoxy) is 2. The maximum Gasteiger partial charge on any atom is 0.252 e. The van der Waals surface area contributed by atoms with E-state index < -0.39 is 11.7 Å². The molecule has 0 unspecified atom stereocenters. The van der Waals surface area contributed by atoms with Gasteiger partial charge in [0.1, 0.15) is 5.82 Å². The van der Waals surface area contributed by atoms with Crippen LogP contribution in [-0.2, 0) is 6.42 Å². The van der Waals surface area contributed by atoms with E-state index in [1.165, 1.54) is 6.07 Å².